The van der Waals surface area contributed by atoms with Gasteiger partial charge in [-0.25, -0.2) is 0 Å². The van der Waals surface area contributed by atoms with Gasteiger partial charge in [0.1, 0.15) is 0 Å². The summed E-state index contributed by atoms with van der Waals surface area (Å²) in [7, 11) is 0. The van der Waals surface area contributed by atoms with Gasteiger partial charge in [0.2, 0.25) is 0 Å². The van der Waals surface area contributed by atoms with Crippen LogP contribution in [0.4, 0.5) is 5.69 Å². The van der Waals surface area contributed by atoms with Gasteiger partial charge in [-0.05, 0) is 37.6 Å². The Kier molecular flexibility index (Phi) is 5.22. The summed E-state index contributed by atoms with van der Waals surface area (Å²) >= 11 is 6.17. The largest absolute Gasteiger partial charge is 0.375 e. The molecule has 1 aliphatic rings. The van der Waals surface area contributed by atoms with E-state index in [9.17, 15) is 14.7 Å². The molecule has 1 aliphatic heterocycles. The number of carbonyl (C=O) groups is 2. The van der Waals surface area contributed by atoms with Crippen LogP contribution in [0.15, 0.2) is 66.7 Å². The fraction of sp³-hybridized carbons (Fsp3) is 0.200. The number of hydrogen-bond donors (Lipinski definition) is 1. The molecule has 1 atom stereocenters. The molecule has 0 radical (unpaired) electrons. The van der Waals surface area contributed by atoms with Crippen LogP contribution < -0.4 is 4.90 Å². The topological polar surface area (TPSA) is 57.6 Å². The second-order valence-corrected chi connectivity index (χ2v) is 8.30. The van der Waals surface area contributed by atoms with Crippen molar-refractivity contribution >= 4 is 29.0 Å². The van der Waals surface area contributed by atoms with Gasteiger partial charge in [0.15, 0.2) is 11.4 Å². The number of aryl methyl sites for hydroxylation is 2. The number of nitrogens with zero attached hydrogens (tertiary/aromatic N) is 1. The van der Waals surface area contributed by atoms with Crippen molar-refractivity contribution in [1.82, 2.24) is 0 Å². The molecule has 30 heavy (non-hydrogen) atoms. The average molecular weight is 420 g/mol. The Morgan fingerprint density at radius 2 is 1.57 bits per heavy atom. The van der Waals surface area contributed by atoms with Crippen LogP contribution in [0.3, 0.4) is 0 Å². The highest BCUT2D eigenvalue weighted by Crippen LogP contribution is 2.44. The van der Waals surface area contributed by atoms with Crippen molar-refractivity contribution in [3.05, 3.63) is 99.6 Å². The van der Waals surface area contributed by atoms with Gasteiger partial charge in [-0.1, -0.05) is 71.3 Å². The lowest BCUT2D eigenvalue weighted by molar-refractivity contribution is -0.136. The van der Waals surface area contributed by atoms with Crippen LogP contribution in [0, 0.1) is 13.8 Å². The summed E-state index contributed by atoms with van der Waals surface area (Å²) in [5.74, 6) is -0.810. The fourth-order valence-electron chi connectivity index (χ4n) is 3.80. The molecule has 0 bridgehead atoms. The number of carbonyl (C=O) groups excluding carboxylic acids is 2. The number of halogens is 1. The first-order valence-corrected chi connectivity index (χ1v) is 10.2. The minimum absolute atomic E-state index is 0.297. The van der Waals surface area contributed by atoms with Crippen molar-refractivity contribution < 1.29 is 14.7 Å². The maximum Gasteiger partial charge on any atom is 0.264 e. The lowest BCUT2D eigenvalue weighted by Crippen LogP contribution is -2.41. The van der Waals surface area contributed by atoms with Crippen LogP contribution in [0.1, 0.15) is 39.0 Å². The van der Waals surface area contributed by atoms with Gasteiger partial charge < -0.3 is 10.0 Å². The first kappa shape index (κ1) is 20.3. The van der Waals surface area contributed by atoms with E-state index in [0.29, 0.717) is 28.4 Å². The Morgan fingerprint density at radius 1 is 0.967 bits per heavy atom. The molecule has 1 heterocycles. The van der Waals surface area contributed by atoms with E-state index >= 15 is 0 Å². The summed E-state index contributed by atoms with van der Waals surface area (Å²) in [6.45, 7) is 4.23. The van der Waals surface area contributed by atoms with Crippen molar-refractivity contribution in [3.8, 4) is 0 Å². The van der Waals surface area contributed by atoms with Crippen molar-refractivity contribution in [2.24, 2.45) is 0 Å². The lowest BCUT2D eigenvalue weighted by atomic mass is 9.88. The molecule has 0 saturated carbocycles. The second-order valence-electron chi connectivity index (χ2n) is 7.86. The molecule has 3 aromatic carbocycles. The van der Waals surface area contributed by atoms with E-state index in [-0.39, 0.29) is 12.2 Å². The Hall–Kier alpha value is -2.95. The van der Waals surface area contributed by atoms with E-state index in [1.165, 1.54) is 4.90 Å². The van der Waals surface area contributed by atoms with E-state index in [1.54, 1.807) is 30.3 Å². The molecule has 1 N–H and O–H groups in total. The first-order valence-electron chi connectivity index (χ1n) is 9.78. The second kappa shape index (κ2) is 7.71. The molecule has 4 rings (SSSR count). The number of ketones is 1. The number of benzene rings is 3. The number of fused-ring (bicyclic) bond motifs is 1. The van der Waals surface area contributed by atoms with Crippen LogP contribution >= 0.6 is 11.6 Å². The quantitative estimate of drug-likeness (QED) is 0.594. The predicted octanol–water partition coefficient (Wildman–Crippen LogP) is 4.96. The number of hydrogen-bond acceptors (Lipinski definition) is 3. The predicted molar refractivity (Wildman–Crippen MR) is 118 cm³/mol. The maximum absolute atomic E-state index is 13.4. The molecule has 0 spiro atoms. The molecule has 0 aliphatic carbocycles. The number of rotatable bonds is 5. The SMILES string of the molecule is Cc1ccc(CN2C(=O)[C@](O)(CC(=O)c3ccc(C)cc3)c3cc(Cl)ccc32)cc1. The number of aliphatic hydroxyl groups is 1. The summed E-state index contributed by atoms with van der Waals surface area (Å²) in [5.41, 5.74) is 2.54. The molecule has 4 nitrogen and oxygen atoms in total. The molecular formula is C25H22ClNO3. The van der Waals surface area contributed by atoms with Crippen molar-refractivity contribution in [2.75, 3.05) is 4.90 Å². The van der Waals surface area contributed by atoms with Gasteiger partial charge in [0, 0.05) is 16.1 Å². The van der Waals surface area contributed by atoms with Crippen molar-refractivity contribution in [2.45, 2.75) is 32.4 Å². The van der Waals surface area contributed by atoms with Crippen molar-refractivity contribution in [1.29, 1.82) is 0 Å². The van der Waals surface area contributed by atoms with E-state index in [2.05, 4.69) is 0 Å². The van der Waals surface area contributed by atoms with Crippen LogP contribution in [0.25, 0.3) is 0 Å². The molecule has 0 unspecified atom stereocenters. The molecular weight excluding hydrogens is 398 g/mol. The summed E-state index contributed by atoms with van der Waals surface area (Å²) in [4.78, 5) is 27.8. The molecule has 1 amide bonds. The molecule has 5 heteroatoms. The number of anilines is 1. The maximum atomic E-state index is 13.4. The van der Waals surface area contributed by atoms with E-state index in [1.807, 2.05) is 50.2 Å². The number of Topliss-reactive ketones (excluding diaryl/α,β-unsaturated/α-hetero) is 1. The van der Waals surface area contributed by atoms with E-state index in [0.717, 1.165) is 16.7 Å². The normalized spacial score (nSPS) is 17.9. The molecule has 3 aromatic rings. The third kappa shape index (κ3) is 3.64. The van der Waals surface area contributed by atoms with Gasteiger partial charge in [-0.3, -0.25) is 9.59 Å². The number of amides is 1. The zero-order valence-electron chi connectivity index (χ0n) is 16.9. The minimum Gasteiger partial charge on any atom is -0.375 e. The molecule has 0 saturated heterocycles. The fourth-order valence-corrected chi connectivity index (χ4v) is 3.97. The summed E-state index contributed by atoms with van der Waals surface area (Å²) in [5, 5.41) is 11.8. The van der Waals surface area contributed by atoms with Crippen LogP contribution in [0.5, 0.6) is 0 Å². The average Bonchev–Trinajstić information content (AvgIpc) is 2.91. The molecule has 152 valence electrons. The van der Waals surface area contributed by atoms with Gasteiger partial charge in [-0.2, -0.15) is 0 Å². The van der Waals surface area contributed by atoms with Gasteiger partial charge in [-0.15, -0.1) is 0 Å². The lowest BCUT2D eigenvalue weighted by Gasteiger charge is -2.23. The summed E-state index contributed by atoms with van der Waals surface area (Å²) in [6, 6.07) is 19.9. The van der Waals surface area contributed by atoms with Gasteiger partial charge in [0.25, 0.3) is 5.91 Å². The summed E-state index contributed by atoms with van der Waals surface area (Å²) < 4.78 is 0. The zero-order valence-corrected chi connectivity index (χ0v) is 17.6. The highest BCUT2D eigenvalue weighted by molar-refractivity contribution is 6.31. The summed E-state index contributed by atoms with van der Waals surface area (Å²) in [6.07, 6.45) is -0.341. The molecule has 0 fully saturated rings. The van der Waals surface area contributed by atoms with Gasteiger partial charge in [0.05, 0.1) is 18.7 Å². The zero-order chi connectivity index (χ0) is 21.5. The molecule has 0 aromatic heterocycles. The van der Waals surface area contributed by atoms with Crippen LogP contribution in [-0.2, 0) is 16.9 Å². The van der Waals surface area contributed by atoms with Gasteiger partial charge >= 0.3 is 0 Å². The van der Waals surface area contributed by atoms with Crippen LogP contribution in [-0.4, -0.2) is 16.8 Å². The highest BCUT2D eigenvalue weighted by Gasteiger charge is 2.51. The third-order valence-electron chi connectivity index (χ3n) is 5.55. The standard InChI is InChI=1S/C25H22ClNO3/c1-16-3-7-18(8-4-16)15-27-22-12-11-20(26)13-21(22)25(30,24(27)29)14-23(28)19-9-5-17(2)6-10-19/h3-13,30H,14-15H2,1-2H3/t25-/m0/s1. The van der Waals surface area contributed by atoms with Crippen molar-refractivity contribution in [3.63, 3.8) is 0 Å². The van der Waals surface area contributed by atoms with E-state index in [4.69, 9.17) is 11.6 Å². The Morgan fingerprint density at radius 3 is 2.20 bits per heavy atom. The highest BCUT2D eigenvalue weighted by atomic mass is 35.5. The Labute approximate surface area is 180 Å². The Bertz CT molecular complexity index is 1120. The smallest absolute Gasteiger partial charge is 0.264 e. The Balaban J connectivity index is 1.70. The monoisotopic (exact) mass is 419 g/mol. The minimum atomic E-state index is -1.95. The van der Waals surface area contributed by atoms with E-state index < -0.39 is 11.5 Å². The van der Waals surface area contributed by atoms with Crippen LogP contribution in [0.2, 0.25) is 5.02 Å². The third-order valence-corrected chi connectivity index (χ3v) is 5.78. The first-order chi connectivity index (χ1) is 14.3.